The lowest BCUT2D eigenvalue weighted by Gasteiger charge is -2.04. The third-order valence-corrected chi connectivity index (χ3v) is 3.35. The highest BCUT2D eigenvalue weighted by Crippen LogP contribution is 2.34. The molecule has 1 aliphatic carbocycles. The van der Waals surface area contributed by atoms with Crippen molar-refractivity contribution in [2.24, 2.45) is 5.92 Å². The molecule has 0 aromatic carbocycles. The fraction of sp³-hybridized carbons (Fsp3) is 0.583. The molecule has 1 aromatic rings. The van der Waals surface area contributed by atoms with Gasteiger partial charge in [-0.25, -0.2) is 0 Å². The molecule has 1 N–H and O–H groups in total. The zero-order valence-corrected chi connectivity index (χ0v) is 10.6. The molecule has 3 heteroatoms. The Hall–Kier alpha value is -0.410. The van der Waals surface area contributed by atoms with E-state index < -0.39 is 0 Å². The van der Waals surface area contributed by atoms with Crippen LogP contribution < -0.4 is 5.32 Å². The third kappa shape index (κ3) is 3.28. The molecule has 1 aromatic heterocycles. The molecule has 0 spiro atoms. The summed E-state index contributed by atoms with van der Waals surface area (Å²) in [6, 6.07) is 2.88. The topological polar surface area (TPSA) is 24.9 Å². The molecule has 0 saturated heterocycles. The van der Waals surface area contributed by atoms with Crippen LogP contribution in [0.2, 0.25) is 0 Å². The molecule has 0 aliphatic heterocycles. The summed E-state index contributed by atoms with van der Waals surface area (Å²) >= 11 is 3.43. The molecule has 82 valence electrons. The van der Waals surface area contributed by atoms with Crippen molar-refractivity contribution >= 4 is 15.9 Å². The van der Waals surface area contributed by atoms with E-state index in [4.69, 9.17) is 0 Å². The Labute approximate surface area is 99.6 Å². The second-order valence-electron chi connectivity index (χ2n) is 4.28. The van der Waals surface area contributed by atoms with Crippen LogP contribution in [0.5, 0.6) is 0 Å². The fourth-order valence-corrected chi connectivity index (χ4v) is 2.40. The van der Waals surface area contributed by atoms with E-state index in [-0.39, 0.29) is 0 Å². The van der Waals surface area contributed by atoms with E-state index in [1.165, 1.54) is 24.8 Å². The monoisotopic (exact) mass is 268 g/mol. The molecule has 0 amide bonds. The van der Waals surface area contributed by atoms with Crippen molar-refractivity contribution in [3.8, 4) is 0 Å². The normalized spacial score (nSPS) is 24.1. The number of halogens is 1. The quantitative estimate of drug-likeness (QED) is 0.888. The SMILES string of the molecule is CCCC1CC1NCc1cncc(Br)c1. The number of aromatic nitrogens is 1. The molecular formula is C12H17BrN2. The summed E-state index contributed by atoms with van der Waals surface area (Å²) in [6.07, 6.45) is 7.78. The minimum absolute atomic E-state index is 0.754. The fourth-order valence-electron chi connectivity index (χ4n) is 1.99. The van der Waals surface area contributed by atoms with Crippen LogP contribution in [0, 0.1) is 5.92 Å². The summed E-state index contributed by atoms with van der Waals surface area (Å²) in [6.45, 7) is 3.20. The zero-order valence-electron chi connectivity index (χ0n) is 9.04. The van der Waals surface area contributed by atoms with Gasteiger partial charge in [-0.3, -0.25) is 4.98 Å². The molecule has 1 fully saturated rings. The predicted molar refractivity (Wildman–Crippen MR) is 65.6 cm³/mol. The van der Waals surface area contributed by atoms with Crippen molar-refractivity contribution in [2.45, 2.75) is 38.8 Å². The average molecular weight is 269 g/mol. The van der Waals surface area contributed by atoms with Crippen LogP contribution in [0.25, 0.3) is 0 Å². The molecule has 15 heavy (non-hydrogen) atoms. The van der Waals surface area contributed by atoms with E-state index in [2.05, 4.69) is 39.2 Å². The van der Waals surface area contributed by atoms with Crippen LogP contribution >= 0.6 is 15.9 Å². The maximum Gasteiger partial charge on any atom is 0.0410 e. The lowest BCUT2D eigenvalue weighted by molar-refractivity contribution is 0.598. The summed E-state index contributed by atoms with van der Waals surface area (Å²) < 4.78 is 1.06. The summed E-state index contributed by atoms with van der Waals surface area (Å²) in [5.74, 6) is 0.926. The first-order valence-electron chi connectivity index (χ1n) is 5.62. The van der Waals surface area contributed by atoms with E-state index in [0.717, 1.165) is 23.0 Å². The Kier molecular flexibility index (Phi) is 3.76. The van der Waals surface area contributed by atoms with Gasteiger partial charge in [-0.05, 0) is 46.3 Å². The maximum atomic E-state index is 4.15. The number of nitrogens with one attached hydrogen (secondary N) is 1. The van der Waals surface area contributed by atoms with Gasteiger partial charge in [-0.15, -0.1) is 0 Å². The largest absolute Gasteiger partial charge is 0.310 e. The average Bonchev–Trinajstić information content (AvgIpc) is 2.95. The number of nitrogens with zero attached hydrogens (tertiary/aromatic N) is 1. The van der Waals surface area contributed by atoms with Crippen LogP contribution in [0.15, 0.2) is 22.9 Å². The number of rotatable bonds is 5. The van der Waals surface area contributed by atoms with E-state index in [0.29, 0.717) is 0 Å². The lowest BCUT2D eigenvalue weighted by atomic mass is 10.2. The Morgan fingerprint density at radius 2 is 2.40 bits per heavy atom. The Balaban J connectivity index is 1.75. The highest BCUT2D eigenvalue weighted by molar-refractivity contribution is 9.10. The van der Waals surface area contributed by atoms with Crippen LogP contribution in [0.4, 0.5) is 0 Å². The van der Waals surface area contributed by atoms with E-state index in [9.17, 15) is 0 Å². The van der Waals surface area contributed by atoms with Crippen molar-refractivity contribution in [1.82, 2.24) is 10.3 Å². The van der Waals surface area contributed by atoms with Crippen molar-refractivity contribution in [1.29, 1.82) is 0 Å². The van der Waals surface area contributed by atoms with Crippen molar-refractivity contribution in [2.75, 3.05) is 0 Å². The van der Waals surface area contributed by atoms with Crippen molar-refractivity contribution < 1.29 is 0 Å². The van der Waals surface area contributed by atoms with Gasteiger partial charge < -0.3 is 5.32 Å². The van der Waals surface area contributed by atoms with Gasteiger partial charge in [-0.1, -0.05) is 13.3 Å². The van der Waals surface area contributed by atoms with Crippen molar-refractivity contribution in [3.05, 3.63) is 28.5 Å². The van der Waals surface area contributed by atoms with Crippen LogP contribution in [-0.4, -0.2) is 11.0 Å². The van der Waals surface area contributed by atoms with Gasteiger partial charge >= 0.3 is 0 Å². The second-order valence-corrected chi connectivity index (χ2v) is 5.20. The molecule has 2 rings (SSSR count). The Morgan fingerprint density at radius 1 is 1.53 bits per heavy atom. The van der Waals surface area contributed by atoms with E-state index in [1.54, 1.807) is 0 Å². The van der Waals surface area contributed by atoms with Gasteiger partial charge in [0.15, 0.2) is 0 Å². The molecule has 2 nitrogen and oxygen atoms in total. The zero-order chi connectivity index (χ0) is 10.7. The van der Waals surface area contributed by atoms with Crippen molar-refractivity contribution in [3.63, 3.8) is 0 Å². The number of pyridine rings is 1. The predicted octanol–water partition coefficient (Wildman–Crippen LogP) is 3.12. The standard InChI is InChI=1S/C12H17BrN2/c1-2-3-10-5-12(10)15-7-9-4-11(13)8-14-6-9/h4,6,8,10,12,15H,2-3,5,7H2,1H3. The third-order valence-electron chi connectivity index (χ3n) is 2.91. The minimum atomic E-state index is 0.754. The van der Waals surface area contributed by atoms with Crippen LogP contribution in [0.3, 0.4) is 0 Å². The maximum absolute atomic E-state index is 4.15. The first-order valence-corrected chi connectivity index (χ1v) is 6.41. The Morgan fingerprint density at radius 3 is 3.13 bits per heavy atom. The first kappa shape index (κ1) is 11.1. The van der Waals surface area contributed by atoms with E-state index in [1.807, 2.05) is 12.4 Å². The number of hydrogen-bond donors (Lipinski definition) is 1. The summed E-state index contributed by atoms with van der Waals surface area (Å²) in [7, 11) is 0. The molecule has 0 bridgehead atoms. The Bertz CT molecular complexity index is 327. The summed E-state index contributed by atoms with van der Waals surface area (Å²) in [5, 5.41) is 3.57. The highest BCUT2D eigenvalue weighted by Gasteiger charge is 2.35. The highest BCUT2D eigenvalue weighted by atomic mass is 79.9. The minimum Gasteiger partial charge on any atom is -0.310 e. The van der Waals surface area contributed by atoms with Crippen LogP contribution in [-0.2, 0) is 6.54 Å². The van der Waals surface area contributed by atoms with Gasteiger partial charge in [0.2, 0.25) is 0 Å². The molecule has 0 radical (unpaired) electrons. The molecule has 2 unspecified atom stereocenters. The van der Waals surface area contributed by atoms with Gasteiger partial charge in [-0.2, -0.15) is 0 Å². The second kappa shape index (κ2) is 5.08. The molecule has 2 atom stereocenters. The van der Waals surface area contributed by atoms with Gasteiger partial charge in [0.25, 0.3) is 0 Å². The van der Waals surface area contributed by atoms with E-state index >= 15 is 0 Å². The van der Waals surface area contributed by atoms with Gasteiger partial charge in [0.05, 0.1) is 0 Å². The molecule has 1 heterocycles. The first-order chi connectivity index (χ1) is 7.29. The lowest BCUT2D eigenvalue weighted by Crippen LogP contribution is -2.17. The van der Waals surface area contributed by atoms with Crippen LogP contribution in [0.1, 0.15) is 31.7 Å². The molecular weight excluding hydrogens is 252 g/mol. The molecule has 1 saturated carbocycles. The smallest absolute Gasteiger partial charge is 0.0410 e. The summed E-state index contributed by atoms with van der Waals surface area (Å²) in [5.41, 5.74) is 1.26. The molecule has 1 aliphatic rings. The summed E-state index contributed by atoms with van der Waals surface area (Å²) in [4.78, 5) is 4.15. The van der Waals surface area contributed by atoms with Gasteiger partial charge in [0.1, 0.15) is 0 Å². The van der Waals surface area contributed by atoms with Gasteiger partial charge in [0, 0.05) is 29.5 Å². The number of hydrogen-bond acceptors (Lipinski definition) is 2.